The van der Waals surface area contributed by atoms with E-state index in [9.17, 15) is 5.11 Å². The van der Waals surface area contributed by atoms with E-state index in [1.54, 1.807) is 0 Å². The van der Waals surface area contributed by atoms with Crippen molar-refractivity contribution in [1.82, 2.24) is 4.90 Å². The van der Waals surface area contributed by atoms with E-state index in [0.29, 0.717) is 0 Å². The standard InChI is InChI=1S/C20H23NO/c22-20(18-11-5-2-6-12-18)19(17-9-3-1-4-10-17)13-16-21-14-7-8-15-21/h1-6,9-13,20,22H,7-8,14-16H2. The molecule has 0 spiro atoms. The third kappa shape index (κ3) is 3.65. The van der Waals surface area contributed by atoms with E-state index in [0.717, 1.165) is 23.2 Å². The molecule has 1 aliphatic heterocycles. The van der Waals surface area contributed by atoms with Gasteiger partial charge < -0.3 is 5.11 Å². The van der Waals surface area contributed by atoms with Gasteiger partial charge >= 0.3 is 0 Å². The van der Waals surface area contributed by atoms with Gasteiger partial charge in [-0.2, -0.15) is 0 Å². The summed E-state index contributed by atoms with van der Waals surface area (Å²) in [6.07, 6.45) is 4.19. The zero-order valence-electron chi connectivity index (χ0n) is 12.9. The Hall–Kier alpha value is -1.90. The molecule has 0 aliphatic carbocycles. The summed E-state index contributed by atoms with van der Waals surface area (Å²) in [5.74, 6) is 0. The van der Waals surface area contributed by atoms with Crippen LogP contribution in [0.2, 0.25) is 0 Å². The van der Waals surface area contributed by atoms with Crippen LogP contribution in [0.1, 0.15) is 30.1 Å². The zero-order valence-corrected chi connectivity index (χ0v) is 12.9. The number of benzene rings is 2. The van der Waals surface area contributed by atoms with Gasteiger partial charge in [-0.15, -0.1) is 0 Å². The predicted octanol–water partition coefficient (Wildman–Crippen LogP) is 3.90. The summed E-state index contributed by atoms with van der Waals surface area (Å²) < 4.78 is 0. The van der Waals surface area contributed by atoms with Crippen LogP contribution < -0.4 is 0 Å². The fourth-order valence-electron chi connectivity index (χ4n) is 3.03. The van der Waals surface area contributed by atoms with Crippen molar-refractivity contribution in [3.05, 3.63) is 77.9 Å². The quantitative estimate of drug-likeness (QED) is 0.904. The lowest BCUT2D eigenvalue weighted by Crippen LogP contribution is -2.19. The molecule has 1 N–H and O–H groups in total. The van der Waals surface area contributed by atoms with Gasteiger partial charge in [0.25, 0.3) is 0 Å². The van der Waals surface area contributed by atoms with Gasteiger partial charge in [0.2, 0.25) is 0 Å². The fraction of sp³-hybridized carbons (Fsp3) is 0.300. The Bertz CT molecular complexity index is 600. The highest BCUT2D eigenvalue weighted by Gasteiger charge is 2.16. The molecule has 3 rings (SSSR count). The molecule has 22 heavy (non-hydrogen) atoms. The van der Waals surface area contributed by atoms with E-state index in [2.05, 4.69) is 23.1 Å². The van der Waals surface area contributed by atoms with Crippen molar-refractivity contribution in [3.63, 3.8) is 0 Å². The number of likely N-dealkylation sites (tertiary alicyclic amines) is 1. The van der Waals surface area contributed by atoms with Crippen molar-refractivity contribution in [1.29, 1.82) is 0 Å². The lowest BCUT2D eigenvalue weighted by molar-refractivity contribution is 0.237. The van der Waals surface area contributed by atoms with Gasteiger partial charge in [-0.25, -0.2) is 0 Å². The summed E-state index contributed by atoms with van der Waals surface area (Å²) in [6, 6.07) is 20.1. The third-order valence-corrected chi connectivity index (χ3v) is 4.29. The number of hydrogen-bond acceptors (Lipinski definition) is 2. The minimum Gasteiger partial charge on any atom is -0.384 e. The molecule has 2 aromatic rings. The maximum atomic E-state index is 10.8. The lowest BCUT2D eigenvalue weighted by atomic mass is 9.95. The molecule has 2 aromatic carbocycles. The van der Waals surface area contributed by atoms with Crippen molar-refractivity contribution in [3.8, 4) is 0 Å². The third-order valence-electron chi connectivity index (χ3n) is 4.29. The first-order valence-corrected chi connectivity index (χ1v) is 8.05. The molecule has 1 fully saturated rings. The highest BCUT2D eigenvalue weighted by molar-refractivity contribution is 5.70. The average Bonchev–Trinajstić information content (AvgIpc) is 3.10. The molecule has 0 saturated carbocycles. The topological polar surface area (TPSA) is 23.5 Å². The van der Waals surface area contributed by atoms with Crippen LogP contribution in [0.25, 0.3) is 5.57 Å². The Labute approximate surface area is 132 Å². The van der Waals surface area contributed by atoms with E-state index in [1.165, 1.54) is 25.9 Å². The molecule has 0 aromatic heterocycles. The van der Waals surface area contributed by atoms with Crippen LogP contribution in [0.15, 0.2) is 66.7 Å². The molecule has 1 aliphatic rings. The van der Waals surface area contributed by atoms with E-state index in [1.807, 2.05) is 48.5 Å². The molecule has 2 nitrogen and oxygen atoms in total. The molecular weight excluding hydrogens is 270 g/mol. The fourth-order valence-corrected chi connectivity index (χ4v) is 3.03. The van der Waals surface area contributed by atoms with Gasteiger partial charge in [-0.3, -0.25) is 4.90 Å². The average molecular weight is 293 g/mol. The van der Waals surface area contributed by atoms with Crippen LogP contribution >= 0.6 is 0 Å². The van der Waals surface area contributed by atoms with Crippen LogP contribution in [0.3, 0.4) is 0 Å². The second-order valence-corrected chi connectivity index (χ2v) is 5.85. The SMILES string of the molecule is OC(C(=CCN1CCCC1)c1ccccc1)c1ccccc1. The number of aliphatic hydroxyl groups excluding tert-OH is 1. The molecule has 1 atom stereocenters. The van der Waals surface area contributed by atoms with Crippen LogP contribution in [0, 0.1) is 0 Å². The summed E-state index contributed by atoms with van der Waals surface area (Å²) in [4.78, 5) is 2.45. The maximum absolute atomic E-state index is 10.8. The van der Waals surface area contributed by atoms with Crippen LogP contribution in [-0.2, 0) is 0 Å². The minimum absolute atomic E-state index is 0.578. The second-order valence-electron chi connectivity index (χ2n) is 5.85. The summed E-state index contributed by atoms with van der Waals surface area (Å²) >= 11 is 0. The summed E-state index contributed by atoms with van der Waals surface area (Å²) in [6.45, 7) is 3.24. The monoisotopic (exact) mass is 293 g/mol. The lowest BCUT2D eigenvalue weighted by Gasteiger charge is -2.18. The number of rotatable bonds is 5. The highest BCUT2D eigenvalue weighted by atomic mass is 16.3. The molecule has 1 heterocycles. The van der Waals surface area contributed by atoms with Crippen LogP contribution in [0.4, 0.5) is 0 Å². The molecule has 0 amide bonds. The normalized spacial score (nSPS) is 17.6. The molecule has 2 heteroatoms. The summed E-state index contributed by atoms with van der Waals surface area (Å²) in [7, 11) is 0. The summed E-state index contributed by atoms with van der Waals surface area (Å²) in [5.41, 5.74) is 3.04. The molecular formula is C20H23NO. The summed E-state index contributed by atoms with van der Waals surface area (Å²) in [5, 5.41) is 10.8. The van der Waals surface area contributed by atoms with Gasteiger partial charge in [-0.05, 0) is 42.6 Å². The van der Waals surface area contributed by atoms with E-state index in [-0.39, 0.29) is 0 Å². The number of nitrogens with zero attached hydrogens (tertiary/aromatic N) is 1. The first-order valence-electron chi connectivity index (χ1n) is 8.05. The predicted molar refractivity (Wildman–Crippen MR) is 91.5 cm³/mol. The maximum Gasteiger partial charge on any atom is 0.104 e. The van der Waals surface area contributed by atoms with Crippen molar-refractivity contribution >= 4 is 5.57 Å². The van der Waals surface area contributed by atoms with Crippen molar-refractivity contribution < 1.29 is 5.11 Å². The Kier molecular flexibility index (Phi) is 5.04. The van der Waals surface area contributed by atoms with Crippen molar-refractivity contribution in [2.24, 2.45) is 0 Å². The molecule has 1 unspecified atom stereocenters. The van der Waals surface area contributed by atoms with Gasteiger partial charge in [-0.1, -0.05) is 66.7 Å². The molecule has 1 saturated heterocycles. The molecule has 114 valence electrons. The van der Waals surface area contributed by atoms with Crippen molar-refractivity contribution in [2.75, 3.05) is 19.6 Å². The Morgan fingerprint density at radius 3 is 2.18 bits per heavy atom. The van der Waals surface area contributed by atoms with Gasteiger partial charge in [0.1, 0.15) is 6.10 Å². The number of aliphatic hydroxyl groups is 1. The van der Waals surface area contributed by atoms with Gasteiger partial charge in [0.15, 0.2) is 0 Å². The minimum atomic E-state index is -0.578. The first-order chi connectivity index (χ1) is 10.8. The zero-order chi connectivity index (χ0) is 15.2. The largest absolute Gasteiger partial charge is 0.384 e. The Balaban J connectivity index is 1.87. The first kappa shape index (κ1) is 15.0. The van der Waals surface area contributed by atoms with E-state index in [4.69, 9.17) is 0 Å². The Morgan fingerprint density at radius 2 is 1.55 bits per heavy atom. The van der Waals surface area contributed by atoms with E-state index >= 15 is 0 Å². The number of hydrogen-bond donors (Lipinski definition) is 1. The van der Waals surface area contributed by atoms with Crippen LogP contribution in [0.5, 0.6) is 0 Å². The molecule has 0 radical (unpaired) electrons. The second kappa shape index (κ2) is 7.39. The van der Waals surface area contributed by atoms with Crippen LogP contribution in [-0.4, -0.2) is 29.6 Å². The van der Waals surface area contributed by atoms with Gasteiger partial charge in [0.05, 0.1) is 0 Å². The van der Waals surface area contributed by atoms with E-state index < -0.39 is 6.10 Å². The van der Waals surface area contributed by atoms with Crippen molar-refractivity contribution in [2.45, 2.75) is 18.9 Å². The highest BCUT2D eigenvalue weighted by Crippen LogP contribution is 2.30. The smallest absolute Gasteiger partial charge is 0.104 e. The Morgan fingerprint density at radius 1 is 0.955 bits per heavy atom. The van der Waals surface area contributed by atoms with Gasteiger partial charge in [0, 0.05) is 6.54 Å². The molecule has 0 bridgehead atoms.